The van der Waals surface area contributed by atoms with Crippen LogP contribution in [0.2, 0.25) is 5.02 Å². The monoisotopic (exact) mass is 378 g/mol. The summed E-state index contributed by atoms with van der Waals surface area (Å²) >= 11 is 5.84. The molecule has 1 aliphatic carbocycles. The van der Waals surface area contributed by atoms with E-state index in [-0.39, 0.29) is 24.2 Å². The molecule has 1 aliphatic rings. The van der Waals surface area contributed by atoms with Gasteiger partial charge in [-0.15, -0.1) is 0 Å². The van der Waals surface area contributed by atoms with Crippen LogP contribution in [-0.4, -0.2) is 28.1 Å². The zero-order valence-corrected chi connectivity index (χ0v) is 14.9. The molecule has 2 aromatic rings. The average Bonchev–Trinajstić information content (AvgIpc) is 2.65. The van der Waals surface area contributed by atoms with Gasteiger partial charge in [-0.05, 0) is 43.4 Å². The first-order chi connectivity index (χ1) is 12.6. The molecule has 1 saturated carbocycles. The van der Waals surface area contributed by atoms with Gasteiger partial charge in [-0.1, -0.05) is 23.7 Å². The Kier molecular flexibility index (Phi) is 6.22. The first-order valence-electron chi connectivity index (χ1n) is 8.51. The van der Waals surface area contributed by atoms with Crippen molar-refractivity contribution >= 4 is 17.6 Å². The smallest absolute Gasteiger partial charge is 0.316 e. The second-order valence-electron chi connectivity index (χ2n) is 6.23. The molecule has 6 nitrogen and oxygen atoms in total. The number of benzene rings is 1. The van der Waals surface area contributed by atoms with Crippen molar-refractivity contribution in [2.45, 2.75) is 44.4 Å². The minimum absolute atomic E-state index is 0.0179. The molecule has 26 heavy (non-hydrogen) atoms. The summed E-state index contributed by atoms with van der Waals surface area (Å²) in [4.78, 5) is 19.6. The number of aromatic nitrogens is 2. The van der Waals surface area contributed by atoms with Gasteiger partial charge in [0.05, 0.1) is 12.4 Å². The van der Waals surface area contributed by atoms with Crippen LogP contribution in [-0.2, 0) is 6.54 Å². The molecule has 2 amide bonds. The van der Waals surface area contributed by atoms with Crippen molar-refractivity contribution in [2.24, 2.45) is 0 Å². The van der Waals surface area contributed by atoms with Crippen LogP contribution in [0.3, 0.4) is 0 Å². The maximum atomic E-state index is 12.8. The molecule has 3 rings (SSSR count). The van der Waals surface area contributed by atoms with E-state index in [1.165, 1.54) is 0 Å². The summed E-state index contributed by atoms with van der Waals surface area (Å²) in [6.45, 7) is 0.448. The summed E-state index contributed by atoms with van der Waals surface area (Å²) in [6, 6.07) is 7.44. The molecule has 138 valence electrons. The molecule has 0 saturated heterocycles. The number of urea groups is 1. The molecule has 0 bridgehead atoms. The van der Waals surface area contributed by atoms with Gasteiger partial charge in [-0.2, -0.15) is 0 Å². The van der Waals surface area contributed by atoms with Crippen molar-refractivity contribution in [1.29, 1.82) is 0 Å². The van der Waals surface area contributed by atoms with E-state index < -0.39 is 5.82 Å². The van der Waals surface area contributed by atoms with Crippen molar-refractivity contribution in [3.05, 3.63) is 53.1 Å². The van der Waals surface area contributed by atoms with E-state index in [2.05, 4.69) is 20.6 Å². The minimum atomic E-state index is -0.491. The van der Waals surface area contributed by atoms with Crippen LogP contribution in [0.5, 0.6) is 6.01 Å². The molecule has 0 spiro atoms. The predicted octanol–water partition coefficient (Wildman–Crippen LogP) is 3.46. The van der Waals surface area contributed by atoms with Crippen LogP contribution in [0.15, 0.2) is 36.7 Å². The van der Waals surface area contributed by atoms with Crippen molar-refractivity contribution in [2.75, 3.05) is 0 Å². The highest BCUT2D eigenvalue weighted by molar-refractivity contribution is 6.30. The van der Waals surface area contributed by atoms with Crippen LogP contribution in [0.25, 0.3) is 0 Å². The fourth-order valence-corrected chi connectivity index (χ4v) is 2.98. The Hall–Kier alpha value is -2.41. The Balaban J connectivity index is 1.37. The lowest BCUT2D eigenvalue weighted by Crippen LogP contribution is -2.44. The molecule has 0 aliphatic heterocycles. The van der Waals surface area contributed by atoms with Gasteiger partial charge in [-0.3, -0.25) is 0 Å². The quantitative estimate of drug-likeness (QED) is 0.835. The van der Waals surface area contributed by atoms with E-state index in [9.17, 15) is 9.18 Å². The SMILES string of the molecule is O=C(NCc1ccc(Cl)cc1)NC1CCC(Oc2ncc(F)cn2)CC1. The van der Waals surface area contributed by atoms with Crippen LogP contribution >= 0.6 is 11.6 Å². The van der Waals surface area contributed by atoms with Gasteiger partial charge in [-0.25, -0.2) is 19.2 Å². The van der Waals surface area contributed by atoms with E-state index in [1.807, 2.05) is 12.1 Å². The standard InChI is InChI=1S/C18H20ClFN4O2/c19-13-3-1-12(2-4-13)9-21-17(25)24-15-5-7-16(8-6-15)26-18-22-10-14(20)11-23-18/h1-4,10-11,15-16H,5-9H2,(H2,21,24,25). The molecule has 2 N–H and O–H groups in total. The van der Waals surface area contributed by atoms with Crippen molar-refractivity contribution in [3.8, 4) is 6.01 Å². The number of halogens is 2. The molecular weight excluding hydrogens is 359 g/mol. The topological polar surface area (TPSA) is 76.1 Å². The number of ether oxygens (including phenoxy) is 1. The Morgan fingerprint density at radius 1 is 1.15 bits per heavy atom. The summed E-state index contributed by atoms with van der Waals surface area (Å²) < 4.78 is 18.4. The van der Waals surface area contributed by atoms with Crippen LogP contribution in [0.4, 0.5) is 9.18 Å². The van der Waals surface area contributed by atoms with Gasteiger partial charge < -0.3 is 15.4 Å². The molecule has 8 heteroatoms. The minimum Gasteiger partial charge on any atom is -0.460 e. The van der Waals surface area contributed by atoms with Crippen LogP contribution < -0.4 is 15.4 Å². The number of nitrogens with one attached hydrogen (secondary N) is 2. The first kappa shape index (κ1) is 18.4. The van der Waals surface area contributed by atoms with Crippen molar-refractivity contribution < 1.29 is 13.9 Å². The van der Waals surface area contributed by atoms with Gasteiger partial charge in [0, 0.05) is 17.6 Å². The molecule has 1 aromatic heterocycles. The first-order valence-corrected chi connectivity index (χ1v) is 8.89. The molecule has 1 heterocycles. The van der Waals surface area contributed by atoms with E-state index in [0.717, 1.165) is 43.6 Å². The largest absolute Gasteiger partial charge is 0.460 e. The third kappa shape index (κ3) is 5.56. The molecule has 1 aromatic carbocycles. The predicted molar refractivity (Wildman–Crippen MR) is 95.5 cm³/mol. The average molecular weight is 379 g/mol. The lowest BCUT2D eigenvalue weighted by atomic mass is 9.93. The lowest BCUT2D eigenvalue weighted by Gasteiger charge is -2.28. The number of carbonyl (C=O) groups excluding carboxylic acids is 1. The van der Waals surface area contributed by atoms with Crippen molar-refractivity contribution in [3.63, 3.8) is 0 Å². The van der Waals surface area contributed by atoms with Gasteiger partial charge in [0.2, 0.25) is 0 Å². The number of rotatable bonds is 5. The molecular formula is C18H20ClFN4O2. The lowest BCUT2D eigenvalue weighted by molar-refractivity contribution is 0.128. The molecule has 0 radical (unpaired) electrons. The zero-order valence-electron chi connectivity index (χ0n) is 14.1. The number of nitrogens with zero attached hydrogens (tertiary/aromatic N) is 2. The highest BCUT2D eigenvalue weighted by Crippen LogP contribution is 2.22. The number of amides is 2. The van der Waals surface area contributed by atoms with E-state index in [0.29, 0.717) is 11.6 Å². The Bertz CT molecular complexity index is 719. The molecule has 0 unspecified atom stereocenters. The second kappa shape index (κ2) is 8.80. The second-order valence-corrected chi connectivity index (χ2v) is 6.67. The Morgan fingerprint density at radius 2 is 1.81 bits per heavy atom. The number of hydrogen-bond acceptors (Lipinski definition) is 4. The maximum absolute atomic E-state index is 12.8. The highest BCUT2D eigenvalue weighted by Gasteiger charge is 2.24. The summed E-state index contributed by atoms with van der Waals surface area (Å²) in [5.74, 6) is -0.491. The molecule has 1 fully saturated rings. The van der Waals surface area contributed by atoms with Gasteiger partial charge in [0.15, 0.2) is 5.82 Å². The third-order valence-corrected chi connectivity index (χ3v) is 4.50. The van der Waals surface area contributed by atoms with Gasteiger partial charge >= 0.3 is 12.0 Å². The van der Waals surface area contributed by atoms with Gasteiger partial charge in [0.25, 0.3) is 0 Å². The van der Waals surface area contributed by atoms with Gasteiger partial charge in [0.1, 0.15) is 6.10 Å². The normalized spacial score (nSPS) is 19.6. The van der Waals surface area contributed by atoms with E-state index >= 15 is 0 Å². The summed E-state index contributed by atoms with van der Waals surface area (Å²) in [5.41, 5.74) is 0.987. The fraction of sp³-hybridized carbons (Fsp3) is 0.389. The Labute approximate surface area is 156 Å². The molecule has 0 atom stereocenters. The van der Waals surface area contributed by atoms with E-state index in [1.54, 1.807) is 12.1 Å². The zero-order chi connectivity index (χ0) is 18.4. The summed E-state index contributed by atoms with van der Waals surface area (Å²) in [7, 11) is 0. The van der Waals surface area contributed by atoms with Crippen LogP contribution in [0.1, 0.15) is 31.2 Å². The Morgan fingerprint density at radius 3 is 2.46 bits per heavy atom. The van der Waals surface area contributed by atoms with Crippen molar-refractivity contribution in [1.82, 2.24) is 20.6 Å². The van der Waals surface area contributed by atoms with Crippen LogP contribution in [0, 0.1) is 5.82 Å². The summed E-state index contributed by atoms with van der Waals surface area (Å²) in [5, 5.41) is 6.49. The maximum Gasteiger partial charge on any atom is 0.316 e. The number of hydrogen-bond donors (Lipinski definition) is 2. The number of carbonyl (C=O) groups is 1. The fourth-order valence-electron chi connectivity index (χ4n) is 2.86. The summed E-state index contributed by atoms with van der Waals surface area (Å²) in [6.07, 6.45) is 5.32. The highest BCUT2D eigenvalue weighted by atomic mass is 35.5. The third-order valence-electron chi connectivity index (χ3n) is 4.24. The van der Waals surface area contributed by atoms with E-state index in [4.69, 9.17) is 16.3 Å².